The normalized spacial score (nSPS) is 19.4. The van der Waals surface area contributed by atoms with E-state index >= 15 is 0 Å². The van der Waals surface area contributed by atoms with E-state index < -0.39 is 5.97 Å². The Kier molecular flexibility index (Phi) is 5.76. The Bertz CT molecular complexity index is 725. The minimum atomic E-state index is -0.749. The molecule has 5 nitrogen and oxygen atoms in total. The number of aliphatic carboxylic acids is 1. The molecule has 3 rings (SSSR count). The van der Waals surface area contributed by atoms with Crippen molar-refractivity contribution in [3.8, 4) is 0 Å². The lowest BCUT2D eigenvalue weighted by Gasteiger charge is -2.25. The van der Waals surface area contributed by atoms with Crippen LogP contribution in [-0.2, 0) is 17.8 Å². The standard InChI is InChI=1S/C20H28N2O3/c1-3-18-17(16-8-4-5-9-19(16)25-18)13-22-11-6-7-15(10-12-22)21(2)14-20(23)24/h4-5,8-9,15H,3,6-7,10-14H2,1-2H3,(H,23,24). The summed E-state index contributed by atoms with van der Waals surface area (Å²) in [5.41, 5.74) is 2.29. The van der Waals surface area contributed by atoms with E-state index in [1.807, 2.05) is 24.1 Å². The number of likely N-dealkylation sites (tertiary alicyclic amines) is 1. The Morgan fingerprint density at radius 1 is 1.32 bits per heavy atom. The second kappa shape index (κ2) is 8.02. The van der Waals surface area contributed by atoms with Gasteiger partial charge in [0.05, 0.1) is 6.54 Å². The molecule has 0 radical (unpaired) electrons. The van der Waals surface area contributed by atoms with E-state index in [0.29, 0.717) is 6.04 Å². The number of carbonyl (C=O) groups is 1. The predicted octanol–water partition coefficient (Wildman–Crippen LogP) is 3.37. The maximum atomic E-state index is 10.9. The van der Waals surface area contributed by atoms with Gasteiger partial charge in [-0.3, -0.25) is 14.6 Å². The summed E-state index contributed by atoms with van der Waals surface area (Å²) < 4.78 is 6.02. The maximum absolute atomic E-state index is 10.9. The van der Waals surface area contributed by atoms with E-state index in [0.717, 1.165) is 56.7 Å². The molecule has 5 heteroatoms. The van der Waals surface area contributed by atoms with E-state index in [2.05, 4.69) is 24.0 Å². The Morgan fingerprint density at radius 2 is 2.12 bits per heavy atom. The van der Waals surface area contributed by atoms with Crippen LogP contribution in [0.2, 0.25) is 0 Å². The van der Waals surface area contributed by atoms with Crippen LogP contribution in [0.25, 0.3) is 11.0 Å². The Hall–Kier alpha value is -1.85. The first-order valence-corrected chi connectivity index (χ1v) is 9.22. The highest BCUT2D eigenvalue weighted by Crippen LogP contribution is 2.28. The number of hydrogen-bond acceptors (Lipinski definition) is 4. The molecule has 0 saturated carbocycles. The first-order chi connectivity index (χ1) is 12.1. The highest BCUT2D eigenvalue weighted by Gasteiger charge is 2.23. The molecular weight excluding hydrogens is 316 g/mol. The summed E-state index contributed by atoms with van der Waals surface area (Å²) in [4.78, 5) is 15.4. The van der Waals surface area contributed by atoms with E-state index in [1.165, 1.54) is 10.9 Å². The molecule has 0 bridgehead atoms. The predicted molar refractivity (Wildman–Crippen MR) is 98.8 cm³/mol. The summed E-state index contributed by atoms with van der Waals surface area (Å²) in [6, 6.07) is 8.63. The number of carboxylic acid groups (broad SMARTS) is 1. The Balaban J connectivity index is 1.69. The summed E-state index contributed by atoms with van der Waals surface area (Å²) in [6.07, 6.45) is 4.09. The average molecular weight is 344 g/mol. The highest BCUT2D eigenvalue weighted by atomic mass is 16.4. The van der Waals surface area contributed by atoms with Crippen molar-refractivity contribution in [1.82, 2.24) is 9.80 Å². The molecule has 2 aromatic rings. The van der Waals surface area contributed by atoms with Crippen molar-refractivity contribution in [2.24, 2.45) is 0 Å². The van der Waals surface area contributed by atoms with Crippen LogP contribution in [0.1, 0.15) is 37.5 Å². The van der Waals surface area contributed by atoms with E-state index in [-0.39, 0.29) is 6.54 Å². The number of furan rings is 1. The molecule has 1 atom stereocenters. The first-order valence-electron chi connectivity index (χ1n) is 9.22. The second-order valence-corrected chi connectivity index (χ2v) is 7.02. The van der Waals surface area contributed by atoms with E-state index in [1.54, 1.807) is 0 Å². The molecule has 0 spiro atoms. The number of aryl methyl sites for hydroxylation is 1. The molecule has 1 aliphatic rings. The smallest absolute Gasteiger partial charge is 0.317 e. The van der Waals surface area contributed by atoms with Crippen LogP contribution in [0, 0.1) is 0 Å². The van der Waals surface area contributed by atoms with Crippen LogP contribution in [0.15, 0.2) is 28.7 Å². The molecule has 1 saturated heterocycles. The van der Waals surface area contributed by atoms with Crippen LogP contribution >= 0.6 is 0 Å². The third-order valence-corrected chi connectivity index (χ3v) is 5.28. The van der Waals surface area contributed by atoms with Gasteiger partial charge in [-0.2, -0.15) is 0 Å². The van der Waals surface area contributed by atoms with Crippen molar-refractivity contribution in [3.63, 3.8) is 0 Å². The minimum Gasteiger partial charge on any atom is -0.480 e. The third-order valence-electron chi connectivity index (χ3n) is 5.28. The molecular formula is C20H28N2O3. The number of benzene rings is 1. The van der Waals surface area contributed by atoms with E-state index in [4.69, 9.17) is 9.52 Å². The number of nitrogens with zero attached hydrogens (tertiary/aromatic N) is 2. The maximum Gasteiger partial charge on any atom is 0.317 e. The Labute approximate surface area is 149 Å². The van der Waals surface area contributed by atoms with Gasteiger partial charge in [-0.15, -0.1) is 0 Å². The van der Waals surface area contributed by atoms with Gasteiger partial charge in [0.1, 0.15) is 11.3 Å². The SMILES string of the molecule is CCc1oc2ccccc2c1CN1CCCC(N(C)CC(=O)O)CC1. The van der Waals surface area contributed by atoms with Gasteiger partial charge in [0.25, 0.3) is 0 Å². The van der Waals surface area contributed by atoms with Crippen molar-refractivity contribution in [3.05, 3.63) is 35.6 Å². The zero-order chi connectivity index (χ0) is 17.8. The van der Waals surface area contributed by atoms with Crippen LogP contribution in [0.5, 0.6) is 0 Å². The average Bonchev–Trinajstić information content (AvgIpc) is 2.76. The van der Waals surface area contributed by atoms with Gasteiger partial charge in [-0.1, -0.05) is 25.1 Å². The molecule has 2 heterocycles. The van der Waals surface area contributed by atoms with Crippen molar-refractivity contribution in [2.45, 2.75) is 45.2 Å². The van der Waals surface area contributed by atoms with Gasteiger partial charge in [0, 0.05) is 30.0 Å². The summed E-state index contributed by atoms with van der Waals surface area (Å²) in [5.74, 6) is 0.339. The lowest BCUT2D eigenvalue weighted by molar-refractivity contribution is -0.138. The number of likely N-dealkylation sites (N-methyl/N-ethyl adjacent to an activating group) is 1. The zero-order valence-electron chi connectivity index (χ0n) is 15.2. The van der Waals surface area contributed by atoms with Gasteiger partial charge in [-0.05, 0) is 45.5 Å². The van der Waals surface area contributed by atoms with Gasteiger partial charge >= 0.3 is 5.97 Å². The summed E-state index contributed by atoms with van der Waals surface area (Å²) in [5, 5.41) is 10.2. The van der Waals surface area contributed by atoms with Gasteiger partial charge in [0.2, 0.25) is 0 Å². The molecule has 1 N–H and O–H groups in total. The van der Waals surface area contributed by atoms with Crippen LogP contribution in [0.4, 0.5) is 0 Å². The Morgan fingerprint density at radius 3 is 2.88 bits per heavy atom. The van der Waals surface area contributed by atoms with Crippen molar-refractivity contribution < 1.29 is 14.3 Å². The highest BCUT2D eigenvalue weighted by molar-refractivity contribution is 5.82. The lowest BCUT2D eigenvalue weighted by Crippen LogP contribution is -2.36. The minimum absolute atomic E-state index is 0.122. The molecule has 1 aromatic heterocycles. The molecule has 1 fully saturated rings. The molecule has 25 heavy (non-hydrogen) atoms. The fraction of sp³-hybridized carbons (Fsp3) is 0.550. The molecule has 136 valence electrons. The largest absolute Gasteiger partial charge is 0.480 e. The van der Waals surface area contributed by atoms with Crippen LogP contribution in [0.3, 0.4) is 0 Å². The number of fused-ring (bicyclic) bond motifs is 1. The van der Waals surface area contributed by atoms with Crippen molar-refractivity contribution in [2.75, 3.05) is 26.7 Å². The summed E-state index contributed by atoms with van der Waals surface area (Å²) in [6.45, 7) is 5.23. The number of para-hydroxylation sites is 1. The summed E-state index contributed by atoms with van der Waals surface area (Å²) >= 11 is 0. The molecule has 1 unspecified atom stereocenters. The van der Waals surface area contributed by atoms with Gasteiger partial charge in [0.15, 0.2) is 0 Å². The molecule has 0 aliphatic carbocycles. The lowest BCUT2D eigenvalue weighted by atomic mass is 10.1. The molecule has 1 aliphatic heterocycles. The second-order valence-electron chi connectivity index (χ2n) is 7.02. The first kappa shape index (κ1) is 18.0. The quantitative estimate of drug-likeness (QED) is 0.871. The molecule has 1 aromatic carbocycles. The third kappa shape index (κ3) is 4.22. The summed E-state index contributed by atoms with van der Waals surface area (Å²) in [7, 11) is 1.92. The van der Waals surface area contributed by atoms with E-state index in [9.17, 15) is 4.79 Å². The fourth-order valence-electron chi connectivity index (χ4n) is 3.91. The van der Waals surface area contributed by atoms with Crippen molar-refractivity contribution >= 4 is 16.9 Å². The van der Waals surface area contributed by atoms with Crippen LogP contribution in [-0.4, -0.2) is 53.6 Å². The van der Waals surface area contributed by atoms with Crippen LogP contribution < -0.4 is 0 Å². The monoisotopic (exact) mass is 344 g/mol. The molecule has 0 amide bonds. The zero-order valence-corrected chi connectivity index (χ0v) is 15.2. The number of carboxylic acids is 1. The van der Waals surface area contributed by atoms with Gasteiger partial charge < -0.3 is 9.52 Å². The topological polar surface area (TPSA) is 56.9 Å². The van der Waals surface area contributed by atoms with Gasteiger partial charge in [-0.25, -0.2) is 0 Å². The fourth-order valence-corrected chi connectivity index (χ4v) is 3.91. The number of hydrogen-bond donors (Lipinski definition) is 1. The number of rotatable bonds is 6. The van der Waals surface area contributed by atoms with Crippen molar-refractivity contribution in [1.29, 1.82) is 0 Å².